The van der Waals surface area contributed by atoms with Gasteiger partial charge in [0.2, 0.25) is 23.1 Å². The number of nitrogen functional groups attached to an aromatic ring is 2. The first-order valence-corrected chi connectivity index (χ1v) is 31.0. The molecule has 95 heavy (non-hydrogen) atoms. The number of fused-ring (bicyclic) bond motifs is 4. The number of aromatic nitrogens is 16. The Morgan fingerprint density at radius 3 is 1.23 bits per heavy atom. The van der Waals surface area contributed by atoms with Crippen LogP contribution in [0.1, 0.15) is 70.7 Å². The summed E-state index contributed by atoms with van der Waals surface area (Å²) in [5, 5.41) is 100. The SMILES string of the molecule is CC[C@H]1OC(O)(c2cnc3c(SC)ncnn23)[C@](C)(N=[N+]=[N-])[C@@H]1C.COC1(c2cnc3c(N)ncnn23)O[C@H](CO)[C@@H](O)[C@@]1(C)N=[N+]=[N-].COC1(c2cnc3c(SC)ncnn23)O[C@H](CO)[C@@H](O)[C@@]1(C)N=[N+]=[N-].CO[C@@]1(c2cnc3c(N)ncnn23)O[C@H](CO)[C@@H](O)[C@@]1(C)N. The molecule has 16 atom stereocenters. The van der Waals surface area contributed by atoms with Crippen LogP contribution >= 0.6 is 23.5 Å². The number of rotatable bonds is 16. The summed E-state index contributed by atoms with van der Waals surface area (Å²) in [6, 6.07) is 0. The average molecular weight is 1360 g/mol. The van der Waals surface area contributed by atoms with E-state index in [1.807, 2.05) is 26.4 Å². The molecule has 44 heteroatoms. The number of aliphatic hydroxyl groups excluding tert-OH is 6. The number of imidazole rings is 4. The van der Waals surface area contributed by atoms with Crippen LogP contribution in [0, 0.1) is 5.92 Å². The van der Waals surface area contributed by atoms with Crippen molar-refractivity contribution < 1.29 is 68.9 Å². The lowest BCUT2D eigenvalue weighted by molar-refractivity contribution is -0.249. The van der Waals surface area contributed by atoms with Gasteiger partial charge < -0.3 is 86.1 Å². The Bertz CT molecular complexity index is 4250. The molecule has 510 valence electrons. The Labute approximate surface area is 545 Å². The molecule has 8 aromatic rings. The van der Waals surface area contributed by atoms with Gasteiger partial charge in [-0.1, -0.05) is 29.2 Å². The molecule has 0 amide bonds. The summed E-state index contributed by atoms with van der Waals surface area (Å²) in [6.07, 6.45) is 8.45. The fraction of sp³-hybridized carbons (Fsp3) is 0.608. The Morgan fingerprint density at radius 2 is 0.863 bits per heavy atom. The second-order valence-corrected chi connectivity index (χ2v) is 24.0. The van der Waals surface area contributed by atoms with Crippen LogP contribution in [0.3, 0.4) is 0 Å². The summed E-state index contributed by atoms with van der Waals surface area (Å²) >= 11 is 2.82. The van der Waals surface area contributed by atoms with E-state index in [2.05, 4.69) is 90.3 Å². The Morgan fingerprint density at radius 1 is 0.526 bits per heavy atom. The van der Waals surface area contributed by atoms with Crippen LogP contribution < -0.4 is 17.2 Å². The predicted octanol–water partition coefficient (Wildman–Crippen LogP) is 0.273. The first-order valence-electron chi connectivity index (χ1n) is 28.5. The Kier molecular flexibility index (Phi) is 20.3. The van der Waals surface area contributed by atoms with Crippen LogP contribution in [-0.4, -0.2) is 233 Å². The summed E-state index contributed by atoms with van der Waals surface area (Å²) in [4.78, 5) is 41.5. The average Bonchev–Trinajstić information content (AvgIpc) is 1.59. The zero-order valence-electron chi connectivity index (χ0n) is 52.8. The quantitative estimate of drug-likeness (QED) is 0.0269. The lowest BCUT2D eigenvalue weighted by Gasteiger charge is -2.38. The number of nitrogens with zero attached hydrogens (tertiary/aromatic N) is 25. The maximum absolute atomic E-state index is 11.4. The topological polar surface area (TPSA) is 603 Å². The van der Waals surface area contributed by atoms with Crippen LogP contribution in [0.2, 0.25) is 0 Å². The molecule has 42 nitrogen and oxygen atoms in total. The molecule has 13 N–H and O–H groups in total. The van der Waals surface area contributed by atoms with Crippen molar-refractivity contribution in [1.29, 1.82) is 0 Å². The van der Waals surface area contributed by atoms with E-state index in [0.29, 0.717) is 50.5 Å². The minimum Gasteiger partial charge on any atom is -0.394 e. The highest BCUT2D eigenvalue weighted by atomic mass is 32.2. The Hall–Kier alpha value is -8.17. The Balaban J connectivity index is 0.000000149. The van der Waals surface area contributed by atoms with Crippen molar-refractivity contribution in [2.45, 2.75) is 146 Å². The van der Waals surface area contributed by atoms with Gasteiger partial charge in [-0.25, -0.2) is 57.9 Å². The molecule has 8 aromatic heterocycles. The van der Waals surface area contributed by atoms with Gasteiger partial charge in [0.25, 0.3) is 0 Å². The molecule has 4 fully saturated rings. The zero-order chi connectivity index (χ0) is 69.4. The maximum atomic E-state index is 11.4. The largest absolute Gasteiger partial charge is 0.394 e. The van der Waals surface area contributed by atoms with E-state index in [0.717, 1.165) is 0 Å². The first-order chi connectivity index (χ1) is 45.2. The molecule has 0 saturated carbocycles. The third kappa shape index (κ3) is 10.8. The normalized spacial score (nSPS) is 33.2. The second-order valence-electron chi connectivity index (χ2n) is 22.4. The van der Waals surface area contributed by atoms with Crippen molar-refractivity contribution in [2.24, 2.45) is 27.0 Å². The molecule has 0 radical (unpaired) electrons. The fourth-order valence-electron chi connectivity index (χ4n) is 12.4. The molecule has 12 rings (SSSR count). The lowest BCUT2D eigenvalue weighted by Crippen LogP contribution is -2.60. The number of hydrogen-bond donors (Lipinski definition) is 10. The van der Waals surface area contributed by atoms with Gasteiger partial charge in [-0.3, -0.25) is 0 Å². The van der Waals surface area contributed by atoms with Crippen molar-refractivity contribution in [3.05, 3.63) is 104 Å². The van der Waals surface area contributed by atoms with Gasteiger partial charge in [0.15, 0.2) is 34.2 Å². The molecular weight excluding hydrogens is 1290 g/mol. The number of anilines is 2. The van der Waals surface area contributed by atoms with E-state index in [1.54, 1.807) is 13.8 Å². The van der Waals surface area contributed by atoms with Gasteiger partial charge in [0, 0.05) is 36.1 Å². The van der Waals surface area contributed by atoms with E-state index in [9.17, 15) is 35.7 Å². The van der Waals surface area contributed by atoms with Gasteiger partial charge >= 0.3 is 0 Å². The van der Waals surface area contributed by atoms with Crippen molar-refractivity contribution in [2.75, 3.05) is 65.1 Å². The zero-order valence-corrected chi connectivity index (χ0v) is 54.4. The molecule has 4 aliphatic rings. The highest BCUT2D eigenvalue weighted by Gasteiger charge is 2.69. The molecule has 0 aliphatic carbocycles. The van der Waals surface area contributed by atoms with Crippen molar-refractivity contribution >= 4 is 57.7 Å². The molecule has 0 aromatic carbocycles. The third-order valence-electron chi connectivity index (χ3n) is 17.8. The molecule has 3 unspecified atom stereocenters. The van der Waals surface area contributed by atoms with Crippen LogP contribution in [0.15, 0.2) is 75.5 Å². The highest BCUT2D eigenvalue weighted by Crippen LogP contribution is 2.54. The number of methoxy groups -OCH3 is 3. The summed E-state index contributed by atoms with van der Waals surface area (Å²) in [5.41, 5.74) is 41.9. The van der Waals surface area contributed by atoms with E-state index in [4.69, 9.17) is 67.0 Å². The molecule has 12 heterocycles. The van der Waals surface area contributed by atoms with Crippen molar-refractivity contribution in [3.63, 3.8) is 0 Å². The number of thioether (sulfide) groups is 2. The second kappa shape index (κ2) is 27.1. The highest BCUT2D eigenvalue weighted by molar-refractivity contribution is 7.98. The first kappa shape index (κ1) is 71.1. The van der Waals surface area contributed by atoms with Crippen LogP contribution in [-0.2, 0) is 56.3 Å². The van der Waals surface area contributed by atoms with E-state index in [-0.39, 0.29) is 35.0 Å². The summed E-state index contributed by atoms with van der Waals surface area (Å²) in [5.74, 6) is -6.70. The van der Waals surface area contributed by atoms with Gasteiger partial charge in [-0.05, 0) is 69.1 Å². The summed E-state index contributed by atoms with van der Waals surface area (Å²) in [6.45, 7) is 8.70. The minimum absolute atomic E-state index is 0.130. The van der Waals surface area contributed by atoms with Crippen molar-refractivity contribution in [3.8, 4) is 0 Å². The van der Waals surface area contributed by atoms with Crippen molar-refractivity contribution in [1.82, 2.24) is 78.3 Å². The lowest BCUT2D eigenvalue weighted by atomic mass is 9.79. The molecule has 4 saturated heterocycles. The van der Waals surface area contributed by atoms with Crippen LogP contribution in [0.25, 0.3) is 53.9 Å². The number of hydrogen-bond acceptors (Lipinski definition) is 34. The molecular formula is C51H70N28O14S2. The molecule has 0 spiro atoms. The molecule has 0 bridgehead atoms. The van der Waals surface area contributed by atoms with E-state index in [1.165, 1.54) is 127 Å². The van der Waals surface area contributed by atoms with Gasteiger partial charge in [0.05, 0.1) is 62.9 Å². The number of azide groups is 3. The summed E-state index contributed by atoms with van der Waals surface area (Å²) in [7, 11) is 4.07. The maximum Gasteiger partial charge on any atom is 0.235 e. The third-order valence-corrected chi connectivity index (χ3v) is 19.1. The predicted molar refractivity (Wildman–Crippen MR) is 329 cm³/mol. The van der Waals surface area contributed by atoms with Crippen LogP contribution in [0.5, 0.6) is 0 Å². The van der Waals surface area contributed by atoms with Crippen LogP contribution in [0.4, 0.5) is 11.6 Å². The number of aliphatic hydroxyl groups is 7. The van der Waals surface area contributed by atoms with E-state index >= 15 is 0 Å². The van der Waals surface area contributed by atoms with Gasteiger partial charge in [0.1, 0.15) is 105 Å². The van der Waals surface area contributed by atoms with Gasteiger partial charge in [-0.2, -0.15) is 20.4 Å². The van der Waals surface area contributed by atoms with E-state index < -0.39 is 102 Å². The smallest absolute Gasteiger partial charge is 0.235 e. The standard InChI is InChI=1S/C14H19N7O2S.C13H17N7O4S.C12H16N8O4.C12H18N6O4/c1-5-9-8(2)13(3,19-20-15)14(22,23-9)10-6-16-11-12(24-4)17-7-18-21(10)11;1-12(18-19-14)9(22)7(5-21)24-13(12,23-2)8-4-15-10-11(25-3)16-6-17-20(8)10;1-11(18-19-14)8(22)6(4-21)24-12(11,23-2)7-3-15-10-9(13)16-5-17-20(7)10;1-11(14)8(20)6(4-19)22-12(11,21-2)7-3-15-10-9(13)16-5-17-18(7)10/h6-9,22H,5H2,1-4H3;4,6-7,9,21-22H,5H2,1-3H3;3,5-6,8,21-22H,4H2,1-2H3,(H2,13,16,17);3,5-6,8,19-20H,4,14H2,1-2H3,(H2,13,16,17)/t8-,9-,13-,14?;7-,9-,12-,13?;6-,8-,11-,12?;6-,8-,11-,12+/m1111/s1. The minimum atomic E-state index is -1.83. The number of nitrogens with two attached hydrogens (primary N) is 3. The molecule has 4 aliphatic heterocycles. The summed E-state index contributed by atoms with van der Waals surface area (Å²) < 4.78 is 45.7. The van der Waals surface area contributed by atoms with Gasteiger partial charge in [-0.15, -0.1) is 23.5 Å². The fourth-order valence-corrected chi connectivity index (χ4v) is 13.3. The number of ether oxygens (including phenoxy) is 7. The monoisotopic (exact) mass is 1360 g/mol.